The fourth-order valence-corrected chi connectivity index (χ4v) is 4.33. The van der Waals surface area contributed by atoms with E-state index in [9.17, 15) is 0 Å². The normalized spacial score (nSPS) is 15.9. The van der Waals surface area contributed by atoms with Crippen LogP contribution in [0.2, 0.25) is 5.02 Å². The number of fused-ring (bicyclic) bond motifs is 1. The second kappa shape index (κ2) is 8.01. The molecule has 1 saturated heterocycles. The van der Waals surface area contributed by atoms with Crippen LogP contribution in [0.15, 0.2) is 54.6 Å². The van der Waals surface area contributed by atoms with E-state index in [1.807, 2.05) is 24.3 Å². The Morgan fingerprint density at radius 1 is 0.966 bits per heavy atom. The molecule has 29 heavy (non-hydrogen) atoms. The average molecular weight is 406 g/mol. The number of hydrogen-bond donors (Lipinski definition) is 2. The van der Waals surface area contributed by atoms with E-state index in [-0.39, 0.29) is 0 Å². The Morgan fingerprint density at radius 2 is 1.76 bits per heavy atom. The third-order valence-corrected chi connectivity index (χ3v) is 6.09. The van der Waals surface area contributed by atoms with Gasteiger partial charge < -0.3 is 9.97 Å². The molecule has 0 atom stereocenters. The zero-order chi connectivity index (χ0) is 19.6. The summed E-state index contributed by atoms with van der Waals surface area (Å²) in [6.45, 7) is 3.02. The number of likely N-dealkylation sites (tertiary alicyclic amines) is 1. The molecule has 148 valence electrons. The molecule has 2 N–H and O–H groups in total. The molecular formula is C23H24ClN5. The molecule has 0 amide bonds. The van der Waals surface area contributed by atoms with Crippen LogP contribution in [0, 0.1) is 5.92 Å². The number of H-pyrrole nitrogens is 2. The number of rotatable bonds is 5. The molecule has 1 aliphatic heterocycles. The Labute approximate surface area is 175 Å². The zero-order valence-electron chi connectivity index (χ0n) is 16.2. The van der Waals surface area contributed by atoms with Gasteiger partial charge in [-0.15, -0.1) is 10.2 Å². The molecule has 0 saturated carbocycles. The van der Waals surface area contributed by atoms with Gasteiger partial charge in [-0.05, 0) is 68.1 Å². The standard InChI is InChI=1S/C23H24ClN5/c24-19-7-5-16(6-8-19)13-17-9-11-29(12-10-17)15-22-26-23(28-27-22)21-14-18-3-1-2-4-20(18)25-21/h1-8,14,17,25H,9-13,15H2,(H,26,27,28). The van der Waals surface area contributed by atoms with Crippen molar-refractivity contribution in [3.8, 4) is 11.5 Å². The van der Waals surface area contributed by atoms with Gasteiger partial charge in [-0.1, -0.05) is 41.9 Å². The third kappa shape index (κ3) is 4.21. The van der Waals surface area contributed by atoms with E-state index in [1.54, 1.807) is 0 Å². The first kappa shape index (κ1) is 18.4. The molecule has 0 bridgehead atoms. The number of nitrogens with zero attached hydrogens (tertiary/aromatic N) is 3. The summed E-state index contributed by atoms with van der Waals surface area (Å²) in [6, 6.07) is 18.6. The van der Waals surface area contributed by atoms with Gasteiger partial charge in [0.15, 0.2) is 5.82 Å². The molecule has 3 heterocycles. The van der Waals surface area contributed by atoms with Gasteiger partial charge in [0.2, 0.25) is 0 Å². The van der Waals surface area contributed by atoms with E-state index in [0.717, 1.165) is 59.9 Å². The van der Waals surface area contributed by atoms with Crippen LogP contribution in [0.3, 0.4) is 0 Å². The Kier molecular flexibility index (Phi) is 5.08. The highest BCUT2D eigenvalue weighted by molar-refractivity contribution is 6.30. The van der Waals surface area contributed by atoms with Gasteiger partial charge in [-0.3, -0.25) is 4.90 Å². The van der Waals surface area contributed by atoms with Gasteiger partial charge in [-0.25, -0.2) is 0 Å². The molecule has 4 aromatic rings. The topological polar surface area (TPSA) is 60.6 Å². The van der Waals surface area contributed by atoms with Crippen molar-refractivity contribution in [2.24, 2.45) is 5.92 Å². The number of halogens is 1. The van der Waals surface area contributed by atoms with E-state index < -0.39 is 0 Å². The van der Waals surface area contributed by atoms with Gasteiger partial charge in [0.25, 0.3) is 0 Å². The number of aromatic nitrogens is 4. The van der Waals surface area contributed by atoms with Gasteiger partial charge in [0.1, 0.15) is 5.82 Å². The van der Waals surface area contributed by atoms with Gasteiger partial charge >= 0.3 is 0 Å². The minimum Gasteiger partial charge on any atom is -0.352 e. The Hall–Kier alpha value is -2.63. The molecule has 5 rings (SSSR count). The van der Waals surface area contributed by atoms with Crippen molar-refractivity contribution < 1.29 is 0 Å². The number of nitrogens with one attached hydrogen (secondary N) is 2. The minimum atomic E-state index is 0.740. The van der Waals surface area contributed by atoms with E-state index in [2.05, 4.69) is 55.4 Å². The Bertz CT molecular complexity index is 1060. The van der Waals surface area contributed by atoms with E-state index in [0.29, 0.717) is 0 Å². The van der Waals surface area contributed by atoms with Crippen LogP contribution >= 0.6 is 11.6 Å². The summed E-state index contributed by atoms with van der Waals surface area (Å²) in [4.78, 5) is 9.26. The average Bonchev–Trinajstić information content (AvgIpc) is 3.38. The molecule has 6 heteroatoms. The first-order chi connectivity index (χ1) is 14.2. The monoisotopic (exact) mass is 405 g/mol. The number of aromatic amines is 2. The third-order valence-electron chi connectivity index (χ3n) is 5.84. The van der Waals surface area contributed by atoms with E-state index >= 15 is 0 Å². The van der Waals surface area contributed by atoms with Crippen molar-refractivity contribution in [3.05, 3.63) is 71.0 Å². The fourth-order valence-electron chi connectivity index (χ4n) is 4.20. The predicted octanol–water partition coefficient (Wildman–Crippen LogP) is 5.06. The second-order valence-corrected chi connectivity index (χ2v) is 8.38. The first-order valence-electron chi connectivity index (χ1n) is 10.2. The van der Waals surface area contributed by atoms with Gasteiger partial charge in [-0.2, -0.15) is 0 Å². The molecule has 5 nitrogen and oxygen atoms in total. The number of para-hydroxylation sites is 1. The maximum Gasteiger partial charge on any atom is 0.177 e. The molecule has 1 aliphatic rings. The highest BCUT2D eigenvalue weighted by Gasteiger charge is 2.21. The van der Waals surface area contributed by atoms with E-state index in [1.165, 1.54) is 23.8 Å². The lowest BCUT2D eigenvalue weighted by Crippen LogP contribution is -2.34. The zero-order valence-corrected chi connectivity index (χ0v) is 17.0. The van der Waals surface area contributed by atoms with Crippen LogP contribution in [-0.2, 0) is 13.0 Å². The molecular weight excluding hydrogens is 382 g/mol. The summed E-state index contributed by atoms with van der Waals surface area (Å²) in [5.41, 5.74) is 3.47. The lowest BCUT2D eigenvalue weighted by Gasteiger charge is -2.31. The van der Waals surface area contributed by atoms with Crippen molar-refractivity contribution in [3.63, 3.8) is 0 Å². The lowest BCUT2D eigenvalue weighted by atomic mass is 9.90. The molecule has 2 aromatic carbocycles. The summed E-state index contributed by atoms with van der Waals surface area (Å²) in [7, 11) is 0. The van der Waals surface area contributed by atoms with Gasteiger partial charge in [0.05, 0.1) is 12.2 Å². The van der Waals surface area contributed by atoms with Crippen molar-refractivity contribution >= 4 is 22.5 Å². The van der Waals surface area contributed by atoms with Crippen LogP contribution in [0.5, 0.6) is 0 Å². The largest absolute Gasteiger partial charge is 0.352 e. The van der Waals surface area contributed by atoms with E-state index in [4.69, 9.17) is 11.6 Å². The van der Waals surface area contributed by atoms with Gasteiger partial charge in [0, 0.05) is 15.9 Å². The van der Waals surface area contributed by atoms with Crippen molar-refractivity contribution in [1.29, 1.82) is 0 Å². The molecule has 1 fully saturated rings. The molecule has 0 unspecified atom stereocenters. The SMILES string of the molecule is Clc1ccc(CC2CCN(Cc3nnc(-c4cc5ccccc5[nH]4)[nH]3)CC2)cc1. The molecule has 0 spiro atoms. The minimum absolute atomic E-state index is 0.740. The quantitative estimate of drug-likeness (QED) is 0.487. The number of piperidine rings is 1. The maximum absolute atomic E-state index is 5.99. The molecule has 2 aromatic heterocycles. The van der Waals surface area contributed by atoms with Crippen molar-refractivity contribution in [2.75, 3.05) is 13.1 Å². The maximum atomic E-state index is 5.99. The molecule has 0 aliphatic carbocycles. The summed E-state index contributed by atoms with van der Waals surface area (Å²) in [5, 5.41) is 10.7. The number of hydrogen-bond acceptors (Lipinski definition) is 3. The van der Waals surface area contributed by atoms with Crippen LogP contribution in [0.1, 0.15) is 24.2 Å². The lowest BCUT2D eigenvalue weighted by molar-refractivity contribution is 0.173. The van der Waals surface area contributed by atoms with Crippen LogP contribution < -0.4 is 0 Å². The molecule has 0 radical (unpaired) electrons. The highest BCUT2D eigenvalue weighted by Crippen LogP contribution is 2.24. The summed E-state index contributed by atoms with van der Waals surface area (Å²) in [5.74, 6) is 2.47. The van der Waals surface area contributed by atoms with Crippen LogP contribution in [0.25, 0.3) is 22.4 Å². The highest BCUT2D eigenvalue weighted by atomic mass is 35.5. The predicted molar refractivity (Wildman–Crippen MR) is 117 cm³/mol. The van der Waals surface area contributed by atoms with Crippen molar-refractivity contribution in [1.82, 2.24) is 25.1 Å². The Balaban J connectivity index is 1.17. The summed E-state index contributed by atoms with van der Waals surface area (Å²) >= 11 is 5.99. The van der Waals surface area contributed by atoms with Crippen LogP contribution in [-0.4, -0.2) is 38.2 Å². The first-order valence-corrected chi connectivity index (χ1v) is 10.6. The second-order valence-electron chi connectivity index (χ2n) is 7.94. The number of benzene rings is 2. The summed E-state index contributed by atoms with van der Waals surface area (Å²) in [6.07, 6.45) is 3.56. The Morgan fingerprint density at radius 3 is 2.55 bits per heavy atom. The van der Waals surface area contributed by atoms with Crippen molar-refractivity contribution in [2.45, 2.75) is 25.8 Å². The smallest absolute Gasteiger partial charge is 0.177 e. The van der Waals surface area contributed by atoms with Crippen LogP contribution in [0.4, 0.5) is 0 Å². The fraction of sp³-hybridized carbons (Fsp3) is 0.304. The summed E-state index contributed by atoms with van der Waals surface area (Å²) < 4.78 is 0.